The Morgan fingerprint density at radius 2 is 1.74 bits per heavy atom. The summed E-state index contributed by atoms with van der Waals surface area (Å²) in [7, 11) is 0. The Labute approximate surface area is 271 Å². The average molecular weight is 663 g/mol. The predicted octanol–water partition coefficient (Wildman–Crippen LogP) is 7.76. The second-order valence-electron chi connectivity index (χ2n) is 10.9. The molecule has 3 N–H and O–H groups in total. The highest BCUT2D eigenvalue weighted by molar-refractivity contribution is 7.13. The third kappa shape index (κ3) is 8.10. The molecular formula is C32H29F3N8O3S. The van der Waals surface area contributed by atoms with Crippen molar-refractivity contribution < 1.29 is 27.5 Å². The van der Waals surface area contributed by atoms with Gasteiger partial charge in [0.1, 0.15) is 10.8 Å². The van der Waals surface area contributed by atoms with Crippen LogP contribution < -0.4 is 20.3 Å². The third-order valence-electron chi connectivity index (χ3n) is 7.77. The Morgan fingerprint density at radius 1 is 0.979 bits per heavy atom. The van der Waals surface area contributed by atoms with E-state index in [2.05, 4.69) is 41.0 Å². The van der Waals surface area contributed by atoms with Crippen LogP contribution in [0.4, 0.5) is 35.3 Å². The van der Waals surface area contributed by atoms with Crippen LogP contribution in [0.5, 0.6) is 5.75 Å². The summed E-state index contributed by atoms with van der Waals surface area (Å²) in [6.45, 7) is 0.135. The molecule has 1 aliphatic carbocycles. The number of halogens is 3. The number of nitrogens with one attached hydrogen (secondary N) is 3. The van der Waals surface area contributed by atoms with Crippen molar-refractivity contribution in [1.82, 2.24) is 25.6 Å². The van der Waals surface area contributed by atoms with Crippen molar-refractivity contribution in [1.29, 1.82) is 0 Å². The molecule has 11 nitrogen and oxygen atoms in total. The molecule has 2 heterocycles. The number of H-pyrrole nitrogens is 1. The highest BCUT2D eigenvalue weighted by Crippen LogP contribution is 2.37. The van der Waals surface area contributed by atoms with Crippen LogP contribution in [-0.4, -0.2) is 43.9 Å². The number of carbonyl (C=O) groups excluding carboxylic acids is 2. The summed E-state index contributed by atoms with van der Waals surface area (Å²) in [6.07, 6.45) is 2.47. The molecule has 0 aliphatic heterocycles. The Morgan fingerprint density at radius 3 is 2.40 bits per heavy atom. The van der Waals surface area contributed by atoms with E-state index in [0.717, 1.165) is 35.8 Å². The van der Waals surface area contributed by atoms with Gasteiger partial charge in [-0.25, -0.2) is 9.78 Å². The van der Waals surface area contributed by atoms with Crippen molar-refractivity contribution >= 4 is 40.6 Å². The van der Waals surface area contributed by atoms with Gasteiger partial charge < -0.3 is 10.1 Å². The van der Waals surface area contributed by atoms with Crippen molar-refractivity contribution in [3.05, 3.63) is 95.0 Å². The van der Waals surface area contributed by atoms with E-state index in [9.17, 15) is 22.8 Å². The maximum atomic E-state index is 13.9. The highest BCUT2D eigenvalue weighted by Gasteiger charge is 2.33. The van der Waals surface area contributed by atoms with Crippen LogP contribution in [0.3, 0.4) is 0 Å². The number of alkyl halides is 3. The third-order valence-corrected chi connectivity index (χ3v) is 8.58. The van der Waals surface area contributed by atoms with Crippen LogP contribution in [0.15, 0.2) is 78.3 Å². The molecule has 47 heavy (non-hydrogen) atoms. The number of thiazole rings is 1. The first-order valence-electron chi connectivity index (χ1n) is 14.8. The van der Waals surface area contributed by atoms with E-state index in [0.29, 0.717) is 22.2 Å². The predicted molar refractivity (Wildman–Crippen MR) is 170 cm³/mol. The SMILES string of the molecule is O=C(Nc1nn[nH]n1)c1ccc(CN(C(=O)Nc2ccc(OC(F)(F)F)c(-c3nccs3)c2)c2ccc(C3CCCCC3)cc2)cc1. The Kier molecular flexibility index (Phi) is 9.42. The molecule has 0 unspecified atom stereocenters. The number of tetrazole rings is 1. The molecule has 242 valence electrons. The molecule has 0 saturated heterocycles. The van der Waals surface area contributed by atoms with Gasteiger partial charge in [-0.05, 0) is 77.6 Å². The van der Waals surface area contributed by atoms with Gasteiger partial charge in [0.2, 0.25) is 0 Å². The van der Waals surface area contributed by atoms with E-state index < -0.39 is 24.1 Å². The average Bonchev–Trinajstić information content (AvgIpc) is 3.80. The summed E-state index contributed by atoms with van der Waals surface area (Å²) < 4.78 is 43.6. The zero-order valence-corrected chi connectivity index (χ0v) is 25.6. The zero-order valence-electron chi connectivity index (χ0n) is 24.8. The first-order valence-corrected chi connectivity index (χ1v) is 15.7. The van der Waals surface area contributed by atoms with Crippen LogP contribution >= 0.6 is 11.3 Å². The number of rotatable bonds is 9. The summed E-state index contributed by atoms with van der Waals surface area (Å²) in [5.41, 5.74) is 3.27. The smallest absolute Gasteiger partial charge is 0.405 e. The monoisotopic (exact) mass is 662 g/mol. The molecule has 15 heteroatoms. The van der Waals surface area contributed by atoms with Crippen molar-refractivity contribution in [3.8, 4) is 16.3 Å². The maximum absolute atomic E-state index is 13.9. The molecule has 1 fully saturated rings. The van der Waals surface area contributed by atoms with Crippen LogP contribution in [0.1, 0.15) is 59.5 Å². The Balaban J connectivity index is 1.25. The van der Waals surface area contributed by atoms with E-state index in [4.69, 9.17) is 0 Å². The number of ether oxygens (including phenoxy) is 1. The van der Waals surface area contributed by atoms with Gasteiger partial charge in [0.05, 0.1) is 12.1 Å². The minimum absolute atomic E-state index is 0.0367. The molecule has 3 amide bonds. The van der Waals surface area contributed by atoms with Crippen LogP contribution in [0, 0.1) is 0 Å². The summed E-state index contributed by atoms with van der Waals surface area (Å²) in [5, 5.41) is 20.4. The van der Waals surface area contributed by atoms with Crippen LogP contribution in [-0.2, 0) is 6.54 Å². The van der Waals surface area contributed by atoms with E-state index >= 15 is 0 Å². The quantitative estimate of drug-likeness (QED) is 0.147. The molecule has 5 aromatic rings. The standard InChI is InChI=1S/C32H29F3N8O3S/c33-32(34,35)46-27-15-12-24(18-26(27)29-36-16-17-47-29)37-31(45)43(25-13-10-22(11-14-25)21-4-2-1-3-5-21)19-20-6-8-23(9-7-20)28(44)38-30-39-41-42-40-30/h6-18,21H,1-5,19H2,(H,37,45)(H2,38,39,40,41,42,44). The number of urea groups is 1. The molecule has 1 aliphatic rings. The molecule has 6 rings (SSSR count). The number of aromatic nitrogens is 5. The van der Waals surface area contributed by atoms with Gasteiger partial charge in [0.15, 0.2) is 0 Å². The lowest BCUT2D eigenvalue weighted by molar-refractivity contribution is -0.274. The molecule has 0 radical (unpaired) electrons. The fraction of sp³-hybridized carbons (Fsp3) is 0.250. The van der Waals surface area contributed by atoms with Crippen molar-refractivity contribution in [2.75, 3.05) is 15.5 Å². The molecule has 0 bridgehead atoms. The Bertz CT molecular complexity index is 1790. The summed E-state index contributed by atoms with van der Waals surface area (Å²) in [5.74, 6) is -0.341. The van der Waals surface area contributed by atoms with Gasteiger partial charge >= 0.3 is 12.4 Å². The van der Waals surface area contributed by atoms with Gasteiger partial charge in [-0.1, -0.05) is 48.6 Å². The van der Waals surface area contributed by atoms with Crippen molar-refractivity contribution in [2.45, 2.75) is 50.9 Å². The molecule has 1 saturated carbocycles. The van der Waals surface area contributed by atoms with E-state index in [1.54, 1.807) is 29.6 Å². The molecule has 0 spiro atoms. The largest absolute Gasteiger partial charge is 0.573 e. The van der Waals surface area contributed by atoms with Crippen LogP contribution in [0.25, 0.3) is 10.6 Å². The number of benzene rings is 3. The maximum Gasteiger partial charge on any atom is 0.573 e. The van der Waals surface area contributed by atoms with Crippen molar-refractivity contribution in [2.24, 2.45) is 0 Å². The minimum Gasteiger partial charge on any atom is -0.405 e. The fourth-order valence-corrected chi connectivity index (χ4v) is 6.17. The van der Waals surface area contributed by atoms with Gasteiger partial charge in [-0.3, -0.25) is 15.0 Å². The number of anilines is 3. The first-order chi connectivity index (χ1) is 22.7. The van der Waals surface area contributed by atoms with E-state index in [1.807, 2.05) is 24.3 Å². The first kappa shape index (κ1) is 31.7. The van der Waals surface area contributed by atoms with Gasteiger partial charge in [0, 0.05) is 28.5 Å². The molecule has 3 aromatic carbocycles. The second kappa shape index (κ2) is 14.0. The molecular weight excluding hydrogens is 633 g/mol. The zero-order chi connectivity index (χ0) is 32.8. The molecule has 0 atom stereocenters. The fourth-order valence-electron chi connectivity index (χ4n) is 5.51. The van der Waals surface area contributed by atoms with Crippen LogP contribution in [0.2, 0.25) is 0 Å². The summed E-state index contributed by atoms with van der Waals surface area (Å²) >= 11 is 1.14. The summed E-state index contributed by atoms with van der Waals surface area (Å²) in [4.78, 5) is 32.1. The highest BCUT2D eigenvalue weighted by atomic mass is 32.1. The number of aromatic amines is 1. The number of amides is 3. The summed E-state index contributed by atoms with van der Waals surface area (Å²) in [6, 6.07) is 18.0. The van der Waals surface area contributed by atoms with E-state index in [-0.39, 0.29) is 23.7 Å². The normalized spacial score (nSPS) is 13.6. The second-order valence-corrected chi connectivity index (χ2v) is 11.8. The molecule has 2 aromatic heterocycles. The van der Waals surface area contributed by atoms with Gasteiger partial charge in [-0.15, -0.1) is 29.6 Å². The number of hydrogen-bond donors (Lipinski definition) is 3. The number of nitrogens with zero attached hydrogens (tertiary/aromatic N) is 5. The lowest BCUT2D eigenvalue weighted by atomic mass is 9.84. The lowest BCUT2D eigenvalue weighted by Crippen LogP contribution is -2.34. The van der Waals surface area contributed by atoms with Gasteiger partial charge in [-0.2, -0.15) is 5.21 Å². The van der Waals surface area contributed by atoms with Gasteiger partial charge in [0.25, 0.3) is 11.9 Å². The topological polar surface area (TPSA) is 138 Å². The minimum atomic E-state index is -4.90. The number of carbonyl (C=O) groups is 2. The lowest BCUT2D eigenvalue weighted by Gasteiger charge is -2.26. The number of hydrogen-bond acceptors (Lipinski definition) is 8. The van der Waals surface area contributed by atoms with Crippen molar-refractivity contribution in [3.63, 3.8) is 0 Å². The Hall–Kier alpha value is -5.31. The van der Waals surface area contributed by atoms with E-state index in [1.165, 1.54) is 48.1 Å².